The number of nitrogens with zero attached hydrogens (tertiary/aromatic N) is 4. The van der Waals surface area contributed by atoms with Crippen molar-refractivity contribution in [3.63, 3.8) is 0 Å². The lowest BCUT2D eigenvalue weighted by Gasteiger charge is -2.14. The maximum atomic E-state index is 6.15. The molecule has 0 saturated heterocycles. The normalized spacial score (nSPS) is 11.1. The number of thiazole rings is 1. The molecule has 2 aromatic heterocycles. The van der Waals surface area contributed by atoms with Crippen LogP contribution in [0.3, 0.4) is 0 Å². The molecule has 0 spiro atoms. The van der Waals surface area contributed by atoms with E-state index in [4.69, 9.17) is 37.7 Å². The van der Waals surface area contributed by atoms with Gasteiger partial charge in [-0.15, -0.1) is 17.9 Å². The van der Waals surface area contributed by atoms with Crippen LogP contribution in [0.4, 0.5) is 11.5 Å². The van der Waals surface area contributed by atoms with E-state index >= 15 is 0 Å². The maximum Gasteiger partial charge on any atom is 0.163 e. The Morgan fingerprint density at radius 3 is 2.74 bits per heavy atom. The van der Waals surface area contributed by atoms with Gasteiger partial charge in [-0.2, -0.15) is 6.54 Å². The first-order chi connectivity index (χ1) is 17.1. The van der Waals surface area contributed by atoms with Gasteiger partial charge < -0.3 is 20.1 Å². The van der Waals surface area contributed by atoms with E-state index in [1.165, 1.54) is 6.33 Å². The second-order valence-electron chi connectivity index (χ2n) is 7.74. The van der Waals surface area contributed by atoms with Crippen molar-refractivity contribution in [1.82, 2.24) is 15.0 Å². The monoisotopic (exact) mass is 530 g/mol. The van der Waals surface area contributed by atoms with Gasteiger partial charge in [-0.1, -0.05) is 36.5 Å². The zero-order valence-corrected chi connectivity index (χ0v) is 21.9. The second-order valence-corrected chi connectivity index (χ2v) is 9.50. The summed E-state index contributed by atoms with van der Waals surface area (Å²) in [6.07, 6.45) is 4.65. The first-order valence-corrected chi connectivity index (χ1v) is 12.9. The largest absolute Gasteiger partial charge is 0.662 e. The summed E-state index contributed by atoms with van der Waals surface area (Å²) in [5.41, 5.74) is 2.38. The number of fused-ring (bicyclic) bond motifs is 1. The number of halogens is 2. The molecule has 0 saturated carbocycles. The summed E-state index contributed by atoms with van der Waals surface area (Å²) in [6.45, 7) is 4.23. The summed E-state index contributed by atoms with van der Waals surface area (Å²) in [4.78, 5) is 13.5. The average Bonchev–Trinajstić information content (AvgIpc) is 3.32. The lowest BCUT2D eigenvalue weighted by molar-refractivity contribution is 0.281. The fraction of sp³-hybridized carbons (Fsp3) is 0.320. The van der Waals surface area contributed by atoms with Crippen LogP contribution in [-0.2, 0) is 13.0 Å². The minimum atomic E-state index is 0.350. The number of unbranched alkanes of at least 4 members (excludes halogenated alkanes) is 1. The first kappa shape index (κ1) is 25.4. The summed E-state index contributed by atoms with van der Waals surface area (Å²) in [7, 11) is 1.61. The predicted octanol–water partition coefficient (Wildman–Crippen LogP) is 7.44. The van der Waals surface area contributed by atoms with Crippen LogP contribution in [-0.4, -0.2) is 35.2 Å². The third kappa shape index (κ3) is 6.73. The van der Waals surface area contributed by atoms with Crippen LogP contribution in [0, 0.1) is 0 Å². The van der Waals surface area contributed by atoms with Crippen LogP contribution in [0.1, 0.15) is 30.5 Å². The van der Waals surface area contributed by atoms with Crippen LogP contribution >= 0.6 is 34.5 Å². The van der Waals surface area contributed by atoms with Gasteiger partial charge in [0.2, 0.25) is 0 Å². The molecule has 0 radical (unpaired) electrons. The third-order valence-electron chi connectivity index (χ3n) is 5.26. The summed E-state index contributed by atoms with van der Waals surface area (Å²) < 4.78 is 11.7. The van der Waals surface area contributed by atoms with Crippen molar-refractivity contribution >= 4 is 56.9 Å². The van der Waals surface area contributed by atoms with Gasteiger partial charge in [0, 0.05) is 22.5 Å². The number of ether oxygens (including phenoxy) is 2. The molecule has 0 fully saturated rings. The second kappa shape index (κ2) is 12.4. The van der Waals surface area contributed by atoms with Crippen LogP contribution < -0.4 is 14.8 Å². The Bertz CT molecular complexity index is 1280. The van der Waals surface area contributed by atoms with Crippen LogP contribution in [0.15, 0.2) is 42.0 Å². The quantitative estimate of drug-likeness (QED) is 0.191. The van der Waals surface area contributed by atoms with E-state index in [-0.39, 0.29) is 0 Å². The molecule has 1 N–H and O–H groups in total. The van der Waals surface area contributed by atoms with E-state index in [2.05, 4.69) is 27.5 Å². The Morgan fingerprint density at radius 1 is 1.06 bits per heavy atom. The Labute approximate surface area is 218 Å². The van der Waals surface area contributed by atoms with Gasteiger partial charge in [-0.3, -0.25) is 0 Å². The molecule has 0 aliphatic rings. The van der Waals surface area contributed by atoms with E-state index < -0.39 is 0 Å². The van der Waals surface area contributed by atoms with Crippen molar-refractivity contribution in [1.29, 1.82) is 0 Å². The molecule has 2 aromatic carbocycles. The molecule has 2 heterocycles. The van der Waals surface area contributed by atoms with Crippen molar-refractivity contribution in [3.8, 4) is 11.5 Å². The van der Waals surface area contributed by atoms with Gasteiger partial charge in [0.1, 0.15) is 18.8 Å². The summed E-state index contributed by atoms with van der Waals surface area (Å²) >= 11 is 13.8. The topological polar surface area (TPSA) is 83.3 Å². The highest BCUT2D eigenvalue weighted by Crippen LogP contribution is 2.36. The Kier molecular flexibility index (Phi) is 8.98. The number of methoxy groups -OCH3 is 1. The zero-order valence-electron chi connectivity index (χ0n) is 19.6. The lowest BCUT2D eigenvalue weighted by Crippen LogP contribution is -2.01. The standard InChI is InChI=1S/C25H26Cl2N5O2S/c1-3-28-9-5-4-6-24-31-17(14-35-24)13-34-23-12-21-18(11-22(23)33-2)25(30-15-29-21)32-16-7-8-19(26)20(27)10-16/h7-8,10-12,14-15H,3-6,9,13H2,1-2H3,(H,29,30,32)/q-1. The Balaban J connectivity index is 1.46. The number of rotatable bonds is 12. The van der Waals surface area contributed by atoms with E-state index in [9.17, 15) is 0 Å². The molecule has 0 aliphatic heterocycles. The van der Waals surface area contributed by atoms with Gasteiger partial charge in [-0.05, 0) is 37.1 Å². The molecule has 4 aromatic rings. The zero-order chi connectivity index (χ0) is 24.6. The molecule has 0 unspecified atom stereocenters. The van der Waals surface area contributed by atoms with Crippen molar-refractivity contribution < 1.29 is 9.47 Å². The minimum absolute atomic E-state index is 0.350. The number of anilines is 2. The first-order valence-electron chi connectivity index (χ1n) is 11.3. The van der Waals surface area contributed by atoms with E-state index in [1.807, 2.05) is 23.6 Å². The number of hydrogen-bond acceptors (Lipinski definition) is 7. The van der Waals surface area contributed by atoms with Crippen molar-refractivity contribution in [2.75, 3.05) is 25.5 Å². The van der Waals surface area contributed by atoms with Gasteiger partial charge in [0.05, 0.1) is 33.4 Å². The molecule has 0 amide bonds. The van der Waals surface area contributed by atoms with Crippen molar-refractivity contribution in [2.45, 2.75) is 32.8 Å². The number of aromatic nitrogens is 3. The highest BCUT2D eigenvalue weighted by Gasteiger charge is 2.13. The summed E-state index contributed by atoms with van der Waals surface area (Å²) in [6, 6.07) is 9.02. The van der Waals surface area contributed by atoms with E-state index in [1.54, 1.807) is 30.6 Å². The van der Waals surface area contributed by atoms with Crippen LogP contribution in [0.25, 0.3) is 16.2 Å². The van der Waals surface area contributed by atoms with Crippen LogP contribution in [0.5, 0.6) is 11.5 Å². The molecular weight excluding hydrogens is 505 g/mol. The van der Waals surface area contributed by atoms with Crippen molar-refractivity contribution in [2.24, 2.45) is 0 Å². The molecule has 4 rings (SSSR count). The number of benzene rings is 2. The smallest absolute Gasteiger partial charge is 0.163 e. The fourth-order valence-electron chi connectivity index (χ4n) is 3.49. The van der Waals surface area contributed by atoms with E-state index in [0.717, 1.165) is 59.6 Å². The Hall–Kier alpha value is -2.65. The molecule has 0 atom stereocenters. The third-order valence-corrected chi connectivity index (χ3v) is 6.95. The lowest BCUT2D eigenvalue weighted by atomic mass is 10.2. The van der Waals surface area contributed by atoms with Crippen LogP contribution in [0.2, 0.25) is 10.0 Å². The highest BCUT2D eigenvalue weighted by molar-refractivity contribution is 7.09. The maximum absolute atomic E-state index is 6.15. The molecule has 0 aliphatic carbocycles. The molecule has 10 heteroatoms. The molecule has 184 valence electrons. The van der Waals surface area contributed by atoms with Gasteiger partial charge >= 0.3 is 0 Å². The number of aryl methyl sites for hydroxylation is 1. The predicted molar refractivity (Wildman–Crippen MR) is 144 cm³/mol. The summed E-state index contributed by atoms with van der Waals surface area (Å²) in [5.74, 6) is 1.80. The molecular formula is C25H26Cl2N5O2S-. The average molecular weight is 531 g/mol. The number of nitrogens with one attached hydrogen (secondary N) is 1. The Morgan fingerprint density at radius 2 is 1.94 bits per heavy atom. The molecule has 0 bridgehead atoms. The van der Waals surface area contributed by atoms with Gasteiger partial charge in [-0.25, -0.2) is 15.0 Å². The SMILES string of the molecule is CC[N-]CCCCc1nc(COc2cc3ncnc(Nc4ccc(Cl)c(Cl)c4)c3cc2OC)cs1. The van der Waals surface area contributed by atoms with E-state index in [0.29, 0.717) is 34.0 Å². The molecule has 35 heavy (non-hydrogen) atoms. The fourth-order valence-corrected chi connectivity index (χ4v) is 4.61. The van der Waals surface area contributed by atoms with Gasteiger partial charge in [0.25, 0.3) is 0 Å². The number of hydrogen-bond donors (Lipinski definition) is 1. The molecule has 7 nitrogen and oxygen atoms in total. The summed E-state index contributed by atoms with van der Waals surface area (Å²) in [5, 5.41) is 12.5. The van der Waals surface area contributed by atoms with Crippen molar-refractivity contribution in [3.05, 3.63) is 68.1 Å². The minimum Gasteiger partial charge on any atom is -0.662 e. The highest BCUT2D eigenvalue weighted by atomic mass is 35.5. The van der Waals surface area contributed by atoms with Gasteiger partial charge in [0.15, 0.2) is 11.5 Å².